The summed E-state index contributed by atoms with van der Waals surface area (Å²) in [6, 6.07) is 14.9. The minimum Gasteiger partial charge on any atom is -0.358 e. The first-order valence-electron chi connectivity index (χ1n) is 5.60. The molecule has 100 valence electrons. The van der Waals surface area contributed by atoms with E-state index in [9.17, 15) is 4.79 Å². The zero-order valence-electron chi connectivity index (χ0n) is 10.8. The second-order valence-corrected chi connectivity index (χ2v) is 4.39. The van der Waals surface area contributed by atoms with Gasteiger partial charge in [-0.3, -0.25) is 4.79 Å². The van der Waals surface area contributed by atoms with E-state index in [2.05, 4.69) is 11.1 Å². The van der Waals surface area contributed by atoms with Crippen molar-refractivity contribution in [2.45, 2.75) is 6.54 Å². The van der Waals surface area contributed by atoms with Crippen molar-refractivity contribution in [3.8, 4) is 0 Å². The van der Waals surface area contributed by atoms with Crippen LogP contribution >= 0.6 is 11.6 Å². The first-order valence-corrected chi connectivity index (χ1v) is 5.98. The number of benzene rings is 2. The van der Waals surface area contributed by atoms with Crippen LogP contribution in [0.3, 0.4) is 0 Å². The number of carbonyl (C=O) groups excluding carboxylic acids is 1. The summed E-state index contributed by atoms with van der Waals surface area (Å²) < 4.78 is 0. The summed E-state index contributed by atoms with van der Waals surface area (Å²) in [6.45, 7) is 0.484. The summed E-state index contributed by atoms with van der Waals surface area (Å²) in [7, 11) is 0. The lowest BCUT2D eigenvalue weighted by Crippen LogP contribution is -2.40. The number of halogens is 1. The summed E-state index contributed by atoms with van der Waals surface area (Å²) in [5.74, 6) is -0.186. The molecular formula is C15H17ClN2O. The Morgan fingerprint density at radius 3 is 2.53 bits per heavy atom. The molecule has 2 aromatic carbocycles. The molecule has 0 bridgehead atoms. The van der Waals surface area contributed by atoms with Crippen molar-refractivity contribution in [2.24, 2.45) is 0 Å². The fourth-order valence-electron chi connectivity index (χ4n) is 1.62. The first kappa shape index (κ1) is 15.2. The Labute approximate surface area is 118 Å². The Morgan fingerprint density at radius 2 is 1.84 bits per heavy atom. The van der Waals surface area contributed by atoms with Crippen molar-refractivity contribution in [3.63, 3.8) is 0 Å². The average molecular weight is 277 g/mol. The van der Waals surface area contributed by atoms with Crippen LogP contribution in [-0.4, -0.2) is 5.91 Å². The van der Waals surface area contributed by atoms with Crippen molar-refractivity contribution >= 4 is 23.2 Å². The number of nitrogens with one attached hydrogen (secondary N) is 1. The van der Waals surface area contributed by atoms with Crippen LogP contribution in [0.15, 0.2) is 48.5 Å². The quantitative estimate of drug-likeness (QED) is 0.832. The van der Waals surface area contributed by atoms with Crippen LogP contribution < -0.4 is 11.1 Å². The van der Waals surface area contributed by atoms with Gasteiger partial charge in [0.1, 0.15) is 5.69 Å². The Kier molecular flexibility index (Phi) is 5.55. The predicted octanol–water partition coefficient (Wildman–Crippen LogP) is 2.59. The van der Waals surface area contributed by atoms with Gasteiger partial charge in [-0.25, -0.2) is 0 Å². The van der Waals surface area contributed by atoms with Crippen LogP contribution in [0.1, 0.15) is 15.9 Å². The Balaban J connectivity index is 0.00000180. The van der Waals surface area contributed by atoms with Crippen molar-refractivity contribution < 1.29 is 10.5 Å². The SMILES string of the molecule is [CH3-].[NH3+]c1ccc(Cl)c(C(=O)NCc2ccccc2)c1. The lowest BCUT2D eigenvalue weighted by Gasteiger charge is -2.06. The third-order valence-corrected chi connectivity index (χ3v) is 2.90. The average Bonchev–Trinajstić information content (AvgIpc) is 2.40. The Morgan fingerprint density at radius 1 is 1.16 bits per heavy atom. The molecule has 0 aliphatic carbocycles. The standard InChI is InChI=1S/C14H13ClN2O.CH3/c15-13-7-6-11(16)8-12(13)14(18)17-9-10-4-2-1-3-5-10;/h1-8H,9,16H2,(H,17,18);1H3/q;-1/p+1. The molecule has 4 N–H and O–H groups in total. The molecule has 0 aliphatic heterocycles. The molecular weight excluding hydrogens is 260 g/mol. The Hall–Kier alpha value is -1.84. The normalized spacial score (nSPS) is 9.58. The van der Waals surface area contributed by atoms with E-state index in [-0.39, 0.29) is 13.3 Å². The molecule has 19 heavy (non-hydrogen) atoms. The van der Waals surface area contributed by atoms with E-state index in [4.69, 9.17) is 11.6 Å². The third kappa shape index (κ3) is 4.09. The monoisotopic (exact) mass is 276 g/mol. The van der Waals surface area contributed by atoms with Gasteiger partial charge in [-0.05, 0) is 11.6 Å². The van der Waals surface area contributed by atoms with Crippen LogP contribution in [0, 0.1) is 7.43 Å². The van der Waals surface area contributed by atoms with E-state index in [1.165, 1.54) is 0 Å². The molecule has 0 saturated carbocycles. The molecule has 0 unspecified atom stereocenters. The van der Waals surface area contributed by atoms with E-state index >= 15 is 0 Å². The highest BCUT2D eigenvalue weighted by Crippen LogP contribution is 2.18. The zero-order valence-corrected chi connectivity index (χ0v) is 11.6. The smallest absolute Gasteiger partial charge is 0.253 e. The molecule has 0 radical (unpaired) electrons. The van der Waals surface area contributed by atoms with E-state index in [0.717, 1.165) is 11.3 Å². The van der Waals surface area contributed by atoms with Crippen LogP contribution in [0.5, 0.6) is 0 Å². The van der Waals surface area contributed by atoms with Crippen LogP contribution in [0.4, 0.5) is 5.69 Å². The molecule has 0 atom stereocenters. The van der Waals surface area contributed by atoms with Gasteiger partial charge in [0.05, 0.1) is 10.6 Å². The number of quaternary nitrogens is 1. The largest absolute Gasteiger partial charge is 0.358 e. The van der Waals surface area contributed by atoms with Gasteiger partial charge in [0.2, 0.25) is 0 Å². The molecule has 0 heterocycles. The zero-order chi connectivity index (χ0) is 13.0. The van der Waals surface area contributed by atoms with Gasteiger partial charge in [0.15, 0.2) is 0 Å². The van der Waals surface area contributed by atoms with Crippen molar-refractivity contribution in [3.05, 3.63) is 72.1 Å². The fraction of sp³-hybridized carbons (Fsp3) is 0.0667. The van der Waals surface area contributed by atoms with E-state index in [0.29, 0.717) is 17.1 Å². The van der Waals surface area contributed by atoms with Crippen molar-refractivity contribution in [1.82, 2.24) is 5.32 Å². The van der Waals surface area contributed by atoms with Crippen molar-refractivity contribution in [1.29, 1.82) is 0 Å². The lowest BCUT2D eigenvalue weighted by atomic mass is 10.1. The summed E-state index contributed by atoms with van der Waals surface area (Å²) in [5.41, 5.74) is 6.06. The van der Waals surface area contributed by atoms with Crippen LogP contribution in [-0.2, 0) is 6.54 Å². The van der Waals surface area contributed by atoms with Gasteiger partial charge in [-0.1, -0.05) is 41.9 Å². The molecule has 4 heteroatoms. The van der Waals surface area contributed by atoms with Crippen molar-refractivity contribution in [2.75, 3.05) is 0 Å². The minimum absolute atomic E-state index is 0. The maximum absolute atomic E-state index is 12.0. The molecule has 0 aromatic heterocycles. The summed E-state index contributed by atoms with van der Waals surface area (Å²) in [6.07, 6.45) is 0. The van der Waals surface area contributed by atoms with Gasteiger partial charge < -0.3 is 18.5 Å². The number of carbonyl (C=O) groups is 1. The van der Waals surface area contributed by atoms with Gasteiger partial charge >= 0.3 is 0 Å². The van der Waals surface area contributed by atoms with E-state index in [1.807, 2.05) is 30.3 Å². The third-order valence-electron chi connectivity index (χ3n) is 2.57. The highest BCUT2D eigenvalue weighted by molar-refractivity contribution is 6.33. The molecule has 0 spiro atoms. The highest BCUT2D eigenvalue weighted by atomic mass is 35.5. The lowest BCUT2D eigenvalue weighted by molar-refractivity contribution is -0.254. The molecule has 3 nitrogen and oxygen atoms in total. The van der Waals surface area contributed by atoms with Gasteiger partial charge in [0.25, 0.3) is 5.91 Å². The fourth-order valence-corrected chi connectivity index (χ4v) is 1.82. The number of rotatable bonds is 3. The number of amides is 1. The minimum atomic E-state index is -0.186. The van der Waals surface area contributed by atoms with Gasteiger partial charge in [-0.2, -0.15) is 0 Å². The maximum atomic E-state index is 12.0. The predicted molar refractivity (Wildman–Crippen MR) is 78.0 cm³/mol. The molecule has 2 aromatic rings. The topological polar surface area (TPSA) is 56.7 Å². The first-order chi connectivity index (χ1) is 8.66. The molecule has 0 aliphatic rings. The van der Waals surface area contributed by atoms with Gasteiger partial charge in [-0.15, -0.1) is 0 Å². The van der Waals surface area contributed by atoms with E-state index in [1.54, 1.807) is 18.2 Å². The van der Waals surface area contributed by atoms with Crippen LogP contribution in [0.2, 0.25) is 5.02 Å². The Bertz CT molecular complexity index is 555. The molecule has 2 rings (SSSR count). The molecule has 0 saturated heterocycles. The molecule has 0 fully saturated rings. The summed E-state index contributed by atoms with van der Waals surface area (Å²) in [4.78, 5) is 12.0. The second-order valence-electron chi connectivity index (χ2n) is 3.98. The number of hydrogen-bond donors (Lipinski definition) is 2. The second kappa shape index (κ2) is 6.92. The number of hydrogen-bond acceptors (Lipinski definition) is 1. The summed E-state index contributed by atoms with van der Waals surface area (Å²) >= 11 is 5.98. The highest BCUT2D eigenvalue weighted by Gasteiger charge is 2.11. The van der Waals surface area contributed by atoms with E-state index < -0.39 is 0 Å². The summed E-state index contributed by atoms with van der Waals surface area (Å²) in [5, 5.41) is 3.27. The van der Waals surface area contributed by atoms with Crippen LogP contribution in [0.25, 0.3) is 0 Å². The molecule has 1 amide bonds. The maximum Gasteiger partial charge on any atom is 0.253 e. The van der Waals surface area contributed by atoms with Gasteiger partial charge in [0, 0.05) is 18.7 Å².